The predicted molar refractivity (Wildman–Crippen MR) is 70.6 cm³/mol. The largest absolute Gasteiger partial charge is 0.370 e. The average molecular weight is 241 g/mol. The van der Waals surface area contributed by atoms with Gasteiger partial charge in [0.1, 0.15) is 5.78 Å². The molecule has 1 atom stereocenters. The second kappa shape index (κ2) is 10.3. The van der Waals surface area contributed by atoms with Gasteiger partial charge in [-0.1, -0.05) is 39.5 Å². The van der Waals surface area contributed by atoms with Gasteiger partial charge in [0, 0.05) is 19.3 Å². The highest BCUT2D eigenvalue weighted by atomic mass is 16.1. The van der Waals surface area contributed by atoms with E-state index in [1.165, 1.54) is 19.3 Å². The first kappa shape index (κ1) is 16.1. The highest BCUT2D eigenvalue weighted by molar-refractivity contribution is 5.79. The zero-order chi connectivity index (χ0) is 13.1. The van der Waals surface area contributed by atoms with Crippen molar-refractivity contribution in [2.75, 3.05) is 0 Å². The Hall–Kier alpha value is -0.860. The Kier molecular flexibility index (Phi) is 9.78. The van der Waals surface area contributed by atoms with E-state index in [-0.39, 0.29) is 11.7 Å². The molecule has 0 aromatic carbocycles. The van der Waals surface area contributed by atoms with Crippen molar-refractivity contribution in [2.24, 2.45) is 11.7 Å². The van der Waals surface area contributed by atoms with Crippen molar-refractivity contribution in [1.29, 1.82) is 0 Å². The van der Waals surface area contributed by atoms with E-state index in [0.29, 0.717) is 31.6 Å². The van der Waals surface area contributed by atoms with Crippen LogP contribution < -0.4 is 5.73 Å². The quantitative estimate of drug-likeness (QED) is 0.604. The minimum atomic E-state index is -0.313. The first-order chi connectivity index (χ1) is 8.10. The molecule has 0 aliphatic heterocycles. The molecular weight excluding hydrogens is 214 g/mol. The van der Waals surface area contributed by atoms with E-state index < -0.39 is 0 Å². The fourth-order valence-corrected chi connectivity index (χ4v) is 2.00. The number of ketones is 1. The van der Waals surface area contributed by atoms with Crippen molar-refractivity contribution in [2.45, 2.75) is 71.6 Å². The summed E-state index contributed by atoms with van der Waals surface area (Å²) in [6, 6.07) is 0. The summed E-state index contributed by atoms with van der Waals surface area (Å²) in [7, 11) is 0. The first-order valence-electron chi connectivity index (χ1n) is 6.90. The van der Waals surface area contributed by atoms with Gasteiger partial charge in [-0.25, -0.2) is 0 Å². The van der Waals surface area contributed by atoms with Crippen molar-refractivity contribution in [3.63, 3.8) is 0 Å². The van der Waals surface area contributed by atoms with Crippen molar-refractivity contribution < 1.29 is 9.59 Å². The molecular formula is C14H27NO2. The second-order valence-electron chi connectivity index (χ2n) is 4.81. The minimum absolute atomic E-state index is 0.279. The van der Waals surface area contributed by atoms with Gasteiger partial charge in [0.2, 0.25) is 5.91 Å². The van der Waals surface area contributed by atoms with Gasteiger partial charge < -0.3 is 5.73 Å². The maximum Gasteiger partial charge on any atom is 0.217 e. The van der Waals surface area contributed by atoms with E-state index in [1.54, 1.807) is 0 Å². The molecule has 1 unspecified atom stereocenters. The molecule has 0 aromatic heterocycles. The van der Waals surface area contributed by atoms with Crippen molar-refractivity contribution in [1.82, 2.24) is 0 Å². The van der Waals surface area contributed by atoms with Crippen molar-refractivity contribution in [3.8, 4) is 0 Å². The van der Waals surface area contributed by atoms with Gasteiger partial charge >= 0.3 is 0 Å². The number of nitrogens with two attached hydrogens (primary N) is 1. The summed E-state index contributed by atoms with van der Waals surface area (Å²) in [5, 5.41) is 0. The number of Topliss-reactive ketones (excluding diaryl/α,β-unsaturated/α-hetero) is 1. The summed E-state index contributed by atoms with van der Waals surface area (Å²) in [5.41, 5.74) is 5.03. The van der Waals surface area contributed by atoms with Crippen LogP contribution in [0.25, 0.3) is 0 Å². The molecule has 3 heteroatoms. The summed E-state index contributed by atoms with van der Waals surface area (Å²) in [6.45, 7) is 4.39. The number of carbonyl (C=O) groups is 2. The Morgan fingerprint density at radius 3 is 2.24 bits per heavy atom. The Bertz CT molecular complexity index is 226. The van der Waals surface area contributed by atoms with Crippen LogP contribution in [0, 0.1) is 5.92 Å². The molecule has 100 valence electrons. The SMILES string of the molecule is CCCCC(CC)CCC(=O)CCCC(N)=O. The van der Waals surface area contributed by atoms with Gasteiger partial charge in [0.05, 0.1) is 0 Å². The fourth-order valence-electron chi connectivity index (χ4n) is 2.00. The van der Waals surface area contributed by atoms with E-state index in [4.69, 9.17) is 5.73 Å². The molecule has 0 aromatic rings. The highest BCUT2D eigenvalue weighted by Crippen LogP contribution is 2.19. The summed E-state index contributed by atoms with van der Waals surface area (Å²) < 4.78 is 0. The molecule has 3 nitrogen and oxygen atoms in total. The van der Waals surface area contributed by atoms with Gasteiger partial charge in [0.25, 0.3) is 0 Å². The molecule has 1 amide bonds. The van der Waals surface area contributed by atoms with Gasteiger partial charge in [-0.2, -0.15) is 0 Å². The third-order valence-electron chi connectivity index (χ3n) is 3.25. The van der Waals surface area contributed by atoms with E-state index in [0.717, 1.165) is 12.8 Å². The molecule has 2 N–H and O–H groups in total. The monoisotopic (exact) mass is 241 g/mol. The van der Waals surface area contributed by atoms with Crippen LogP contribution in [0.3, 0.4) is 0 Å². The number of rotatable bonds is 11. The number of amides is 1. The zero-order valence-electron chi connectivity index (χ0n) is 11.3. The molecule has 0 aliphatic carbocycles. The highest BCUT2D eigenvalue weighted by Gasteiger charge is 2.09. The lowest BCUT2D eigenvalue weighted by Crippen LogP contribution is -2.11. The lowest BCUT2D eigenvalue weighted by molar-refractivity contribution is -0.120. The van der Waals surface area contributed by atoms with Crippen LogP contribution in [0.5, 0.6) is 0 Å². The zero-order valence-corrected chi connectivity index (χ0v) is 11.3. The Morgan fingerprint density at radius 2 is 1.71 bits per heavy atom. The summed E-state index contributed by atoms with van der Waals surface area (Å²) in [5.74, 6) is 0.656. The third-order valence-corrected chi connectivity index (χ3v) is 3.25. The second-order valence-corrected chi connectivity index (χ2v) is 4.81. The van der Waals surface area contributed by atoms with Crippen LogP contribution in [0.1, 0.15) is 71.6 Å². The van der Waals surface area contributed by atoms with Crippen molar-refractivity contribution in [3.05, 3.63) is 0 Å². The molecule has 17 heavy (non-hydrogen) atoms. The third kappa shape index (κ3) is 10.0. The van der Waals surface area contributed by atoms with Crippen molar-refractivity contribution >= 4 is 11.7 Å². The molecule has 0 rings (SSSR count). The Morgan fingerprint density at radius 1 is 1.00 bits per heavy atom. The number of primary amides is 1. The average Bonchev–Trinajstić information content (AvgIpc) is 2.29. The number of hydrogen-bond donors (Lipinski definition) is 1. The normalized spacial score (nSPS) is 12.4. The fraction of sp³-hybridized carbons (Fsp3) is 0.857. The number of unbranched alkanes of at least 4 members (excludes halogenated alkanes) is 1. The standard InChI is InChI=1S/C14H27NO2/c1-3-5-7-12(4-2)10-11-13(16)8-6-9-14(15)17/h12H,3-11H2,1-2H3,(H2,15,17). The summed E-state index contributed by atoms with van der Waals surface area (Å²) in [4.78, 5) is 22.1. The topological polar surface area (TPSA) is 60.2 Å². The van der Waals surface area contributed by atoms with Crippen LogP contribution >= 0.6 is 0 Å². The molecule has 0 fully saturated rings. The molecule has 0 heterocycles. The Balaban J connectivity index is 3.62. The van der Waals surface area contributed by atoms with E-state index in [1.807, 2.05) is 0 Å². The van der Waals surface area contributed by atoms with Crippen LogP contribution in [0.2, 0.25) is 0 Å². The molecule has 0 saturated carbocycles. The van der Waals surface area contributed by atoms with Crippen LogP contribution in [0.4, 0.5) is 0 Å². The van der Waals surface area contributed by atoms with Crippen LogP contribution in [-0.4, -0.2) is 11.7 Å². The molecule has 0 spiro atoms. The molecule has 0 saturated heterocycles. The lowest BCUT2D eigenvalue weighted by atomic mass is 9.92. The maximum atomic E-state index is 11.6. The minimum Gasteiger partial charge on any atom is -0.370 e. The lowest BCUT2D eigenvalue weighted by Gasteiger charge is -2.13. The van der Waals surface area contributed by atoms with E-state index in [2.05, 4.69) is 13.8 Å². The summed E-state index contributed by atoms with van der Waals surface area (Å²) in [6.07, 6.45) is 8.01. The smallest absolute Gasteiger partial charge is 0.217 e. The van der Waals surface area contributed by atoms with E-state index in [9.17, 15) is 9.59 Å². The first-order valence-corrected chi connectivity index (χ1v) is 6.90. The Labute approximate surface area is 105 Å². The van der Waals surface area contributed by atoms with Gasteiger partial charge in [-0.15, -0.1) is 0 Å². The molecule has 0 bridgehead atoms. The number of hydrogen-bond acceptors (Lipinski definition) is 2. The van der Waals surface area contributed by atoms with Crippen LogP contribution in [0.15, 0.2) is 0 Å². The van der Waals surface area contributed by atoms with Gasteiger partial charge in [0.15, 0.2) is 0 Å². The van der Waals surface area contributed by atoms with E-state index >= 15 is 0 Å². The predicted octanol–water partition coefficient (Wildman–Crippen LogP) is 3.21. The van der Waals surface area contributed by atoms with Gasteiger partial charge in [-0.3, -0.25) is 9.59 Å². The number of carbonyl (C=O) groups excluding carboxylic acids is 2. The van der Waals surface area contributed by atoms with Crippen LogP contribution in [-0.2, 0) is 9.59 Å². The maximum absolute atomic E-state index is 11.6. The molecule has 0 radical (unpaired) electrons. The molecule has 0 aliphatic rings. The van der Waals surface area contributed by atoms with Gasteiger partial charge in [-0.05, 0) is 18.8 Å². The summed E-state index contributed by atoms with van der Waals surface area (Å²) >= 11 is 0.